The van der Waals surface area contributed by atoms with Crippen LogP contribution in [0.3, 0.4) is 0 Å². The van der Waals surface area contributed by atoms with Crippen LogP contribution in [0.5, 0.6) is 5.75 Å². The van der Waals surface area contributed by atoms with Crippen molar-refractivity contribution in [2.75, 3.05) is 6.79 Å². The molecule has 2 aromatic rings. The Hall–Kier alpha value is -1.78. The first-order valence-electron chi connectivity index (χ1n) is 8.67. The number of aromatic amines is 1. The van der Waals surface area contributed by atoms with Crippen LogP contribution in [0.1, 0.15) is 30.2 Å². The summed E-state index contributed by atoms with van der Waals surface area (Å²) in [7, 11) is -1.42. The number of aliphatic hydroxyl groups excluding tert-OH is 2. The van der Waals surface area contributed by atoms with Crippen LogP contribution in [0.2, 0.25) is 5.02 Å². The highest BCUT2D eigenvalue weighted by Crippen LogP contribution is 2.47. The second-order valence-electron chi connectivity index (χ2n) is 6.18. The molecular weight excluding hydrogens is 427 g/mol. The van der Waals surface area contributed by atoms with Crippen LogP contribution in [0.25, 0.3) is 0 Å². The molecule has 0 spiro atoms. The predicted molar refractivity (Wildman–Crippen MR) is 103 cm³/mol. The third-order valence-electron chi connectivity index (χ3n) is 4.16. The molecule has 1 fully saturated rings. The lowest BCUT2D eigenvalue weighted by atomic mass is 10.1. The molecule has 0 aliphatic carbocycles. The zero-order valence-electron chi connectivity index (χ0n) is 15.4. The van der Waals surface area contributed by atoms with Crippen LogP contribution in [0.4, 0.5) is 0 Å². The van der Waals surface area contributed by atoms with Gasteiger partial charge < -0.3 is 19.5 Å². The van der Waals surface area contributed by atoms with E-state index in [4.69, 9.17) is 40.1 Å². The van der Waals surface area contributed by atoms with Crippen molar-refractivity contribution in [3.8, 4) is 5.75 Å². The molecule has 3 heterocycles. The fourth-order valence-corrected chi connectivity index (χ4v) is 3.85. The van der Waals surface area contributed by atoms with E-state index in [0.717, 1.165) is 16.9 Å². The summed E-state index contributed by atoms with van der Waals surface area (Å²) in [5.41, 5.74) is 0.852. The number of aliphatic hydroxyl groups is 2. The Morgan fingerprint density at radius 3 is 2.86 bits per heavy atom. The van der Waals surface area contributed by atoms with Gasteiger partial charge in [-0.1, -0.05) is 29.8 Å². The summed E-state index contributed by atoms with van der Waals surface area (Å²) in [6.45, 7) is 2.06. The van der Waals surface area contributed by atoms with Gasteiger partial charge >= 0.3 is 14.3 Å². The van der Waals surface area contributed by atoms with Crippen molar-refractivity contribution in [3.63, 3.8) is 0 Å². The Kier molecular flexibility index (Phi) is 7.42. The number of H-pyrrole nitrogens is 1. The molecule has 1 aromatic carbocycles. The summed E-state index contributed by atoms with van der Waals surface area (Å²) < 4.78 is 21.8. The number of fused-ring (bicyclic) bond motifs is 1. The van der Waals surface area contributed by atoms with Crippen LogP contribution in [-0.2, 0) is 20.4 Å². The smallest absolute Gasteiger partial charge is 0.399 e. The van der Waals surface area contributed by atoms with Crippen LogP contribution >= 0.6 is 20.2 Å². The Labute approximate surface area is 171 Å². The van der Waals surface area contributed by atoms with E-state index in [0.29, 0.717) is 19.4 Å². The van der Waals surface area contributed by atoms with Crippen molar-refractivity contribution < 1.29 is 28.5 Å². The van der Waals surface area contributed by atoms with Gasteiger partial charge in [-0.25, -0.2) is 4.79 Å². The van der Waals surface area contributed by atoms with Gasteiger partial charge in [0.05, 0.1) is 6.61 Å². The fourth-order valence-electron chi connectivity index (χ4n) is 2.77. The summed E-state index contributed by atoms with van der Waals surface area (Å²) in [5, 5.41) is 17.6. The highest BCUT2D eigenvalue weighted by atomic mass is 35.5. The molecule has 3 atom stereocenters. The van der Waals surface area contributed by atoms with E-state index in [1.807, 2.05) is 25.1 Å². The largest absolute Gasteiger partial charge is 0.426 e. The summed E-state index contributed by atoms with van der Waals surface area (Å²) in [4.78, 5) is 24.4. The maximum atomic E-state index is 11.4. The Balaban J connectivity index is 0.000000166. The molecule has 0 amide bonds. The van der Waals surface area contributed by atoms with Crippen molar-refractivity contribution in [3.05, 3.63) is 61.4 Å². The first kappa shape index (κ1) is 21.9. The molecule has 12 heteroatoms. The zero-order valence-corrected chi connectivity index (χ0v) is 17.1. The lowest BCUT2D eigenvalue weighted by molar-refractivity contribution is -0.113. The number of aryl methyl sites for hydroxylation is 1. The molecule has 0 bridgehead atoms. The third kappa shape index (κ3) is 5.43. The molecule has 0 saturated carbocycles. The quantitative estimate of drug-likeness (QED) is 0.481. The summed E-state index contributed by atoms with van der Waals surface area (Å²) in [5.74, 6) is 0.818. The molecule has 4 rings (SSSR count). The summed E-state index contributed by atoms with van der Waals surface area (Å²) in [6, 6.07) is 5.88. The molecule has 2 aliphatic rings. The number of para-hydroxylation sites is 1. The van der Waals surface area contributed by atoms with Crippen LogP contribution < -0.4 is 15.8 Å². The van der Waals surface area contributed by atoms with Crippen molar-refractivity contribution >= 4 is 20.2 Å². The van der Waals surface area contributed by atoms with Crippen molar-refractivity contribution in [1.82, 2.24) is 9.55 Å². The minimum atomic E-state index is -1.42. The summed E-state index contributed by atoms with van der Waals surface area (Å²) >= 11 is 5.58. The fraction of sp³-hybridized carbons (Fsp3) is 0.412. The van der Waals surface area contributed by atoms with Gasteiger partial charge in [0.25, 0.3) is 5.56 Å². The van der Waals surface area contributed by atoms with E-state index in [1.165, 1.54) is 10.8 Å². The number of ether oxygens (including phenoxy) is 1. The van der Waals surface area contributed by atoms with Gasteiger partial charge in [0, 0.05) is 18.2 Å². The zero-order chi connectivity index (χ0) is 21.0. The molecule has 1 saturated heterocycles. The number of benzene rings is 1. The number of nitrogens with one attached hydrogen (secondary N) is 1. The SMILES string of the molecule is Cc1cccc2c1OP(OCO)OC2.O=c1[nH]c(=O)n(C2CC[C@@H](O)O2)cc1Cl. The van der Waals surface area contributed by atoms with E-state index in [9.17, 15) is 9.59 Å². The Morgan fingerprint density at radius 2 is 2.17 bits per heavy atom. The molecular formula is C17H20ClN2O8P. The highest BCUT2D eigenvalue weighted by Gasteiger charge is 2.26. The van der Waals surface area contributed by atoms with E-state index in [1.54, 1.807) is 0 Å². The number of hydrogen-bond donors (Lipinski definition) is 3. The third-order valence-corrected chi connectivity index (χ3v) is 5.42. The van der Waals surface area contributed by atoms with Gasteiger partial charge in [-0.15, -0.1) is 0 Å². The van der Waals surface area contributed by atoms with Crippen molar-refractivity contribution in [2.24, 2.45) is 0 Å². The number of hydrogen-bond acceptors (Lipinski definition) is 8. The average molecular weight is 447 g/mol. The van der Waals surface area contributed by atoms with Gasteiger partial charge in [-0.3, -0.25) is 23.4 Å². The Morgan fingerprint density at radius 1 is 1.38 bits per heavy atom. The monoisotopic (exact) mass is 446 g/mol. The van der Waals surface area contributed by atoms with Crippen LogP contribution in [0.15, 0.2) is 34.0 Å². The molecule has 2 aliphatic heterocycles. The predicted octanol–water partition coefficient (Wildman–Crippen LogP) is 1.91. The van der Waals surface area contributed by atoms with Gasteiger partial charge in [-0.05, 0) is 18.9 Å². The van der Waals surface area contributed by atoms with E-state index >= 15 is 0 Å². The number of aromatic nitrogens is 2. The molecule has 1 aromatic heterocycles. The maximum absolute atomic E-state index is 11.4. The van der Waals surface area contributed by atoms with Crippen LogP contribution in [-0.4, -0.2) is 32.8 Å². The molecule has 29 heavy (non-hydrogen) atoms. The lowest BCUT2D eigenvalue weighted by Crippen LogP contribution is -2.32. The molecule has 10 nitrogen and oxygen atoms in total. The minimum absolute atomic E-state index is 0.0837. The second-order valence-corrected chi connectivity index (χ2v) is 7.73. The van der Waals surface area contributed by atoms with Gasteiger partial charge in [0.15, 0.2) is 13.1 Å². The Bertz CT molecular complexity index is 965. The molecule has 0 radical (unpaired) electrons. The lowest BCUT2D eigenvalue weighted by Gasteiger charge is -2.24. The average Bonchev–Trinajstić information content (AvgIpc) is 3.12. The molecule has 2 unspecified atom stereocenters. The molecule has 158 valence electrons. The maximum Gasteiger partial charge on any atom is 0.399 e. The van der Waals surface area contributed by atoms with Crippen molar-refractivity contribution in [2.45, 2.75) is 38.9 Å². The second kappa shape index (κ2) is 9.82. The van der Waals surface area contributed by atoms with Gasteiger partial charge in [0.2, 0.25) is 0 Å². The molecule has 3 N–H and O–H groups in total. The highest BCUT2D eigenvalue weighted by molar-refractivity contribution is 7.42. The first-order valence-corrected chi connectivity index (χ1v) is 10.1. The van der Waals surface area contributed by atoms with Crippen LogP contribution in [0, 0.1) is 6.92 Å². The van der Waals surface area contributed by atoms with Gasteiger partial charge in [0.1, 0.15) is 17.0 Å². The number of nitrogens with zero attached hydrogens (tertiary/aromatic N) is 1. The van der Waals surface area contributed by atoms with E-state index in [-0.39, 0.29) is 11.8 Å². The summed E-state index contributed by atoms with van der Waals surface area (Å²) in [6.07, 6.45) is 0.734. The number of rotatable bonds is 3. The van der Waals surface area contributed by atoms with E-state index in [2.05, 4.69) is 4.98 Å². The van der Waals surface area contributed by atoms with Gasteiger partial charge in [-0.2, -0.15) is 0 Å². The van der Waals surface area contributed by atoms with Crippen molar-refractivity contribution in [1.29, 1.82) is 0 Å². The standard InChI is InChI=1S/C9H11O4P.C8H9ClN2O4/c1-7-3-2-4-8-5-11-14(12-6-10)13-9(7)8;9-4-3-11(8(14)10-7(4)13)5-1-2-6(12)15-5/h2-4,10H,5-6H2,1H3;3,5-6,12H,1-2H2,(H,10,13,14)/t;5?,6-/m.0/s1. The minimum Gasteiger partial charge on any atom is -0.426 e. The topological polar surface area (TPSA) is 132 Å². The normalized spacial score (nSPS) is 23.0. The van der Waals surface area contributed by atoms with E-state index < -0.39 is 32.4 Å². The first-order chi connectivity index (χ1) is 13.9. The number of halogens is 1.